The lowest BCUT2D eigenvalue weighted by atomic mass is 9.83. The van der Waals surface area contributed by atoms with Gasteiger partial charge in [-0.25, -0.2) is 4.79 Å². The maximum Gasteiger partial charge on any atom is 0.349 e. The molecule has 2 atom stereocenters. The van der Waals surface area contributed by atoms with E-state index in [1.807, 2.05) is 43.3 Å². The van der Waals surface area contributed by atoms with Gasteiger partial charge in [-0.05, 0) is 55.7 Å². The van der Waals surface area contributed by atoms with Gasteiger partial charge in [-0.3, -0.25) is 4.79 Å². The first-order valence-electron chi connectivity index (χ1n) is 10.7. The van der Waals surface area contributed by atoms with Crippen LogP contribution in [0.25, 0.3) is 0 Å². The first-order valence-corrected chi connectivity index (χ1v) is 10.7. The summed E-state index contributed by atoms with van der Waals surface area (Å²) in [4.78, 5) is 27.9. The maximum absolute atomic E-state index is 13.4. The molecule has 2 saturated carbocycles. The zero-order valence-corrected chi connectivity index (χ0v) is 16.8. The zero-order chi connectivity index (χ0) is 20.0. The molecule has 2 heterocycles. The smallest absolute Gasteiger partial charge is 0.349 e. The SMILES string of the molecule is Cc1cc(C2CCC2)oc(=O)c1C(=O)N1C[C@@H](c2ccccc2)O[C@@H](C2CC2)C1. The molecular formula is C24H27NO4. The van der Waals surface area contributed by atoms with Crippen LogP contribution in [0, 0.1) is 12.8 Å². The Morgan fingerprint density at radius 3 is 2.45 bits per heavy atom. The first-order chi connectivity index (χ1) is 14.1. The molecular weight excluding hydrogens is 366 g/mol. The molecule has 152 valence electrons. The second-order valence-electron chi connectivity index (χ2n) is 8.74. The van der Waals surface area contributed by atoms with Crippen LogP contribution in [-0.4, -0.2) is 30.0 Å². The molecule has 2 aromatic rings. The topological polar surface area (TPSA) is 59.8 Å². The lowest BCUT2D eigenvalue weighted by Crippen LogP contribution is -2.48. The highest BCUT2D eigenvalue weighted by molar-refractivity contribution is 5.95. The van der Waals surface area contributed by atoms with Crippen molar-refractivity contribution < 1.29 is 13.9 Å². The van der Waals surface area contributed by atoms with E-state index in [1.165, 1.54) is 6.42 Å². The second-order valence-corrected chi connectivity index (χ2v) is 8.74. The minimum atomic E-state index is -0.498. The monoisotopic (exact) mass is 393 g/mol. The van der Waals surface area contributed by atoms with Crippen molar-refractivity contribution in [3.63, 3.8) is 0 Å². The van der Waals surface area contributed by atoms with Crippen LogP contribution in [0.2, 0.25) is 0 Å². The Hall–Kier alpha value is -2.40. The molecule has 0 unspecified atom stereocenters. The Labute approximate surface area is 170 Å². The average Bonchev–Trinajstić information content (AvgIpc) is 3.52. The summed E-state index contributed by atoms with van der Waals surface area (Å²) >= 11 is 0. The van der Waals surface area contributed by atoms with Crippen molar-refractivity contribution in [2.24, 2.45) is 5.92 Å². The largest absolute Gasteiger partial charge is 0.427 e. The van der Waals surface area contributed by atoms with Crippen molar-refractivity contribution in [1.82, 2.24) is 4.90 Å². The van der Waals surface area contributed by atoms with Crippen LogP contribution in [-0.2, 0) is 4.74 Å². The van der Waals surface area contributed by atoms with Gasteiger partial charge in [-0.15, -0.1) is 0 Å². The van der Waals surface area contributed by atoms with E-state index >= 15 is 0 Å². The number of carbonyl (C=O) groups excluding carboxylic acids is 1. The summed E-state index contributed by atoms with van der Waals surface area (Å²) in [7, 11) is 0. The lowest BCUT2D eigenvalue weighted by Gasteiger charge is -2.38. The first kappa shape index (κ1) is 18.6. The quantitative estimate of drug-likeness (QED) is 0.781. The van der Waals surface area contributed by atoms with E-state index < -0.39 is 5.63 Å². The van der Waals surface area contributed by atoms with Crippen molar-refractivity contribution in [2.45, 2.75) is 57.2 Å². The molecule has 0 N–H and O–H groups in total. The molecule has 3 fully saturated rings. The van der Waals surface area contributed by atoms with Crippen molar-refractivity contribution in [1.29, 1.82) is 0 Å². The number of aryl methyl sites for hydroxylation is 1. The second kappa shape index (κ2) is 7.45. The average molecular weight is 393 g/mol. The van der Waals surface area contributed by atoms with Gasteiger partial charge >= 0.3 is 5.63 Å². The fourth-order valence-corrected chi connectivity index (χ4v) is 4.48. The Balaban J connectivity index is 1.42. The fourth-order valence-electron chi connectivity index (χ4n) is 4.48. The molecule has 3 aliphatic rings. The molecule has 1 amide bonds. The number of nitrogens with zero attached hydrogens (tertiary/aromatic N) is 1. The van der Waals surface area contributed by atoms with Gasteiger partial charge in [0.15, 0.2) is 0 Å². The summed E-state index contributed by atoms with van der Waals surface area (Å²) in [5.74, 6) is 1.34. The predicted molar refractivity (Wildman–Crippen MR) is 109 cm³/mol. The number of morpholine rings is 1. The number of benzene rings is 1. The summed E-state index contributed by atoms with van der Waals surface area (Å²) in [5.41, 5.74) is 1.47. The summed E-state index contributed by atoms with van der Waals surface area (Å²) in [6.07, 6.45) is 5.44. The number of carbonyl (C=O) groups is 1. The highest BCUT2D eigenvalue weighted by Crippen LogP contribution is 2.40. The molecule has 1 saturated heterocycles. The standard InChI is InChI=1S/C24H27NO4/c1-15-12-19(16-8-5-9-16)29-24(27)22(15)23(26)25-13-20(17-6-3-2-4-7-17)28-21(14-25)18-10-11-18/h2-4,6-7,12,16,18,20-21H,5,8-11,13-14H2,1H3/t20-,21+/m0/s1. The molecule has 1 aliphatic heterocycles. The zero-order valence-electron chi connectivity index (χ0n) is 16.8. The molecule has 5 heteroatoms. The predicted octanol–water partition coefficient (Wildman–Crippen LogP) is 4.21. The van der Waals surface area contributed by atoms with Crippen molar-refractivity contribution in [3.05, 3.63) is 69.3 Å². The van der Waals surface area contributed by atoms with Crippen LogP contribution in [0.1, 0.15) is 71.4 Å². The van der Waals surface area contributed by atoms with Gasteiger partial charge in [0, 0.05) is 12.5 Å². The van der Waals surface area contributed by atoms with Crippen LogP contribution in [0.15, 0.2) is 45.6 Å². The number of hydrogen-bond donors (Lipinski definition) is 0. The van der Waals surface area contributed by atoms with Crippen LogP contribution < -0.4 is 5.63 Å². The third kappa shape index (κ3) is 3.64. The summed E-state index contributed by atoms with van der Waals surface area (Å²) in [6.45, 7) is 2.84. The third-order valence-corrected chi connectivity index (χ3v) is 6.62. The minimum absolute atomic E-state index is 0.0273. The highest BCUT2D eigenvalue weighted by Gasteiger charge is 2.41. The molecule has 0 bridgehead atoms. The highest BCUT2D eigenvalue weighted by atomic mass is 16.5. The van der Waals surface area contributed by atoms with E-state index in [2.05, 4.69) is 0 Å². The number of ether oxygens (including phenoxy) is 1. The van der Waals surface area contributed by atoms with Crippen LogP contribution in [0.5, 0.6) is 0 Å². The molecule has 1 aromatic carbocycles. The van der Waals surface area contributed by atoms with Crippen LogP contribution in [0.4, 0.5) is 0 Å². The van der Waals surface area contributed by atoms with Crippen molar-refractivity contribution in [3.8, 4) is 0 Å². The van der Waals surface area contributed by atoms with Crippen LogP contribution in [0.3, 0.4) is 0 Å². The van der Waals surface area contributed by atoms with Gasteiger partial charge in [0.2, 0.25) is 0 Å². The molecule has 0 spiro atoms. The lowest BCUT2D eigenvalue weighted by molar-refractivity contribution is -0.0864. The molecule has 29 heavy (non-hydrogen) atoms. The van der Waals surface area contributed by atoms with E-state index in [1.54, 1.807) is 4.90 Å². The Bertz CT molecular complexity index is 959. The molecule has 0 radical (unpaired) electrons. The molecule has 1 aromatic heterocycles. The van der Waals surface area contributed by atoms with Crippen molar-refractivity contribution in [2.75, 3.05) is 13.1 Å². The minimum Gasteiger partial charge on any atom is -0.427 e. The van der Waals surface area contributed by atoms with Gasteiger partial charge < -0.3 is 14.1 Å². The molecule has 2 aliphatic carbocycles. The molecule has 5 rings (SSSR count). The van der Waals surface area contributed by atoms with E-state index in [0.29, 0.717) is 24.9 Å². The summed E-state index contributed by atoms with van der Waals surface area (Å²) < 4.78 is 11.9. The van der Waals surface area contributed by atoms with Gasteiger partial charge in [-0.2, -0.15) is 0 Å². The Kier molecular flexibility index (Phi) is 4.78. The van der Waals surface area contributed by atoms with Gasteiger partial charge in [0.05, 0.1) is 12.6 Å². The third-order valence-electron chi connectivity index (χ3n) is 6.62. The summed E-state index contributed by atoms with van der Waals surface area (Å²) in [6, 6.07) is 11.9. The Morgan fingerprint density at radius 1 is 1.07 bits per heavy atom. The van der Waals surface area contributed by atoms with Gasteiger partial charge in [0.25, 0.3) is 5.91 Å². The Morgan fingerprint density at radius 2 is 1.83 bits per heavy atom. The van der Waals surface area contributed by atoms with Crippen LogP contribution >= 0.6 is 0 Å². The van der Waals surface area contributed by atoms with Gasteiger partial charge in [0.1, 0.15) is 17.4 Å². The summed E-state index contributed by atoms with van der Waals surface area (Å²) in [5, 5.41) is 0. The normalized spacial score (nSPS) is 24.9. The number of hydrogen-bond acceptors (Lipinski definition) is 4. The fraction of sp³-hybridized carbons (Fsp3) is 0.500. The number of amides is 1. The molecule has 5 nitrogen and oxygen atoms in total. The van der Waals surface area contributed by atoms with Gasteiger partial charge in [-0.1, -0.05) is 36.8 Å². The van der Waals surface area contributed by atoms with E-state index in [4.69, 9.17) is 9.15 Å². The van der Waals surface area contributed by atoms with E-state index in [0.717, 1.165) is 42.6 Å². The van der Waals surface area contributed by atoms with E-state index in [-0.39, 0.29) is 23.7 Å². The number of rotatable bonds is 4. The maximum atomic E-state index is 13.4. The van der Waals surface area contributed by atoms with E-state index in [9.17, 15) is 9.59 Å². The van der Waals surface area contributed by atoms with Crippen molar-refractivity contribution >= 4 is 5.91 Å².